The van der Waals surface area contributed by atoms with Gasteiger partial charge in [-0.2, -0.15) is 0 Å². The fourth-order valence-electron chi connectivity index (χ4n) is 6.36. The summed E-state index contributed by atoms with van der Waals surface area (Å²) in [5, 5.41) is 9.32. The normalized spacial score (nSPS) is 29.7. The fraction of sp³-hybridized carbons (Fsp3) is 0.667. The summed E-state index contributed by atoms with van der Waals surface area (Å²) in [6.45, 7) is 1.49. The molecule has 5 rings (SSSR count). The molecule has 1 unspecified atom stereocenters. The zero-order valence-corrected chi connectivity index (χ0v) is 18.8. The second-order valence-corrected chi connectivity index (χ2v) is 9.66. The third-order valence-corrected chi connectivity index (χ3v) is 7.33. The van der Waals surface area contributed by atoms with Gasteiger partial charge in [0.15, 0.2) is 0 Å². The summed E-state index contributed by atoms with van der Waals surface area (Å²) in [7, 11) is 1.91. The lowest BCUT2D eigenvalue weighted by molar-refractivity contribution is -0.148. The molecule has 3 N–H and O–H groups in total. The third kappa shape index (κ3) is 5.17. The summed E-state index contributed by atoms with van der Waals surface area (Å²) in [6.07, 6.45) is 8.41. The van der Waals surface area contributed by atoms with Crippen LogP contribution in [0.5, 0.6) is 0 Å². The van der Waals surface area contributed by atoms with Crippen molar-refractivity contribution in [2.45, 2.75) is 57.4 Å². The van der Waals surface area contributed by atoms with Gasteiger partial charge in [-0.3, -0.25) is 9.59 Å². The van der Waals surface area contributed by atoms with E-state index < -0.39 is 6.04 Å². The zero-order valence-electron chi connectivity index (χ0n) is 18.0. The van der Waals surface area contributed by atoms with Crippen molar-refractivity contribution in [2.24, 2.45) is 23.2 Å². The lowest BCUT2D eigenvalue weighted by atomic mass is 9.49. The van der Waals surface area contributed by atoms with Crippen molar-refractivity contribution in [3.63, 3.8) is 0 Å². The first kappa shape index (κ1) is 23.1. The lowest BCUT2D eigenvalue weighted by Crippen LogP contribution is -2.57. The minimum Gasteiger partial charge on any atom is -0.354 e. The summed E-state index contributed by atoms with van der Waals surface area (Å²) >= 11 is 0. The SMILES string of the molecule is CNCCCNC(=O)C(Cc1ccccc1)NC(=O)C12CC3CC(CC(C3)C1)C2.Cl. The summed E-state index contributed by atoms with van der Waals surface area (Å²) in [5.74, 6) is 2.21. The first-order valence-electron chi connectivity index (χ1n) is 11.4. The highest BCUT2D eigenvalue weighted by atomic mass is 35.5. The van der Waals surface area contributed by atoms with Gasteiger partial charge in [-0.05, 0) is 81.9 Å². The first-order chi connectivity index (χ1) is 14.1. The maximum absolute atomic E-state index is 13.5. The maximum Gasteiger partial charge on any atom is 0.242 e. The maximum atomic E-state index is 13.5. The molecule has 1 atom stereocenters. The Morgan fingerprint density at radius 2 is 1.60 bits per heavy atom. The van der Waals surface area contributed by atoms with E-state index in [-0.39, 0.29) is 29.6 Å². The van der Waals surface area contributed by atoms with Gasteiger partial charge >= 0.3 is 0 Å². The van der Waals surface area contributed by atoms with E-state index in [4.69, 9.17) is 0 Å². The monoisotopic (exact) mass is 433 g/mol. The molecule has 6 heteroatoms. The van der Waals surface area contributed by atoms with Gasteiger partial charge in [-0.15, -0.1) is 12.4 Å². The molecule has 4 saturated carbocycles. The predicted octanol–water partition coefficient (Wildman–Crippen LogP) is 3.08. The third-order valence-electron chi connectivity index (χ3n) is 7.33. The van der Waals surface area contributed by atoms with E-state index in [9.17, 15) is 9.59 Å². The molecule has 2 amide bonds. The van der Waals surface area contributed by atoms with Gasteiger partial charge in [0.2, 0.25) is 11.8 Å². The molecule has 4 fully saturated rings. The van der Waals surface area contributed by atoms with Gasteiger partial charge in [-0.1, -0.05) is 30.3 Å². The van der Waals surface area contributed by atoms with Gasteiger partial charge in [0.1, 0.15) is 6.04 Å². The highest BCUT2D eigenvalue weighted by Gasteiger charge is 2.54. The van der Waals surface area contributed by atoms with Crippen LogP contribution in [0.1, 0.15) is 50.5 Å². The fourth-order valence-corrected chi connectivity index (χ4v) is 6.36. The van der Waals surface area contributed by atoms with Gasteiger partial charge in [0.05, 0.1) is 0 Å². The first-order valence-corrected chi connectivity index (χ1v) is 11.4. The molecule has 0 heterocycles. The minimum absolute atomic E-state index is 0. The van der Waals surface area contributed by atoms with Crippen molar-refractivity contribution in [2.75, 3.05) is 20.1 Å². The summed E-state index contributed by atoms with van der Waals surface area (Å²) in [5.41, 5.74) is 0.851. The number of amides is 2. The second-order valence-electron chi connectivity index (χ2n) is 9.66. The molecular formula is C24H36ClN3O2. The van der Waals surface area contributed by atoms with Crippen LogP contribution in [0.25, 0.3) is 0 Å². The number of rotatable bonds is 9. The van der Waals surface area contributed by atoms with Crippen LogP contribution in [0, 0.1) is 23.2 Å². The lowest BCUT2D eigenvalue weighted by Gasteiger charge is -2.55. The molecule has 5 nitrogen and oxygen atoms in total. The van der Waals surface area contributed by atoms with E-state index in [1.165, 1.54) is 19.3 Å². The summed E-state index contributed by atoms with van der Waals surface area (Å²) < 4.78 is 0. The van der Waals surface area contributed by atoms with Crippen LogP contribution >= 0.6 is 12.4 Å². The van der Waals surface area contributed by atoms with E-state index in [1.807, 2.05) is 37.4 Å². The summed E-state index contributed by atoms with van der Waals surface area (Å²) in [4.78, 5) is 26.4. The predicted molar refractivity (Wildman–Crippen MR) is 121 cm³/mol. The number of hydrogen-bond acceptors (Lipinski definition) is 3. The molecule has 166 valence electrons. The number of nitrogens with one attached hydrogen (secondary N) is 3. The number of carbonyl (C=O) groups excluding carboxylic acids is 2. The Kier molecular flexibility index (Phi) is 7.81. The van der Waals surface area contributed by atoms with E-state index in [2.05, 4.69) is 16.0 Å². The van der Waals surface area contributed by atoms with Crippen molar-refractivity contribution in [1.82, 2.24) is 16.0 Å². The molecule has 0 aromatic heterocycles. The zero-order chi connectivity index (χ0) is 20.3. The molecule has 30 heavy (non-hydrogen) atoms. The molecule has 1 aromatic carbocycles. The molecular weight excluding hydrogens is 398 g/mol. The van der Waals surface area contributed by atoms with E-state index in [0.717, 1.165) is 55.5 Å². The second kappa shape index (κ2) is 10.1. The molecule has 0 spiro atoms. The average molecular weight is 434 g/mol. The Labute approximate surface area is 186 Å². The topological polar surface area (TPSA) is 70.2 Å². The Balaban J connectivity index is 0.00000256. The largest absolute Gasteiger partial charge is 0.354 e. The average Bonchev–Trinajstić information content (AvgIpc) is 2.70. The molecule has 4 bridgehead atoms. The Morgan fingerprint density at radius 3 is 2.17 bits per heavy atom. The standard InChI is InChI=1S/C24H35N3O2.ClH/c1-25-8-5-9-26-22(28)21(13-17-6-3-2-4-7-17)27-23(29)24-14-18-10-19(15-24)12-20(11-18)16-24;/h2-4,6-7,18-21,25H,5,8-16H2,1H3,(H,26,28)(H,27,29);1H. The molecule has 4 aliphatic carbocycles. The number of carbonyl (C=O) groups is 2. The van der Waals surface area contributed by atoms with Crippen molar-refractivity contribution in [1.29, 1.82) is 0 Å². The highest BCUT2D eigenvalue weighted by molar-refractivity contribution is 5.90. The van der Waals surface area contributed by atoms with Gasteiger partial charge in [-0.25, -0.2) is 0 Å². The molecule has 0 radical (unpaired) electrons. The van der Waals surface area contributed by atoms with E-state index >= 15 is 0 Å². The Hall–Kier alpha value is -1.59. The van der Waals surface area contributed by atoms with Crippen molar-refractivity contribution >= 4 is 24.2 Å². The van der Waals surface area contributed by atoms with Crippen LogP contribution < -0.4 is 16.0 Å². The van der Waals surface area contributed by atoms with Crippen LogP contribution in [0.3, 0.4) is 0 Å². The number of halogens is 1. The quantitative estimate of drug-likeness (QED) is 0.524. The smallest absolute Gasteiger partial charge is 0.242 e. The van der Waals surface area contributed by atoms with Crippen LogP contribution in [0.15, 0.2) is 30.3 Å². The van der Waals surface area contributed by atoms with Gasteiger partial charge < -0.3 is 16.0 Å². The number of hydrogen-bond donors (Lipinski definition) is 3. The van der Waals surface area contributed by atoms with Gasteiger partial charge in [0, 0.05) is 18.4 Å². The minimum atomic E-state index is -0.507. The molecule has 0 aliphatic heterocycles. The van der Waals surface area contributed by atoms with Crippen molar-refractivity contribution in [3.8, 4) is 0 Å². The van der Waals surface area contributed by atoms with Gasteiger partial charge in [0.25, 0.3) is 0 Å². The van der Waals surface area contributed by atoms with Crippen molar-refractivity contribution < 1.29 is 9.59 Å². The van der Waals surface area contributed by atoms with E-state index in [1.54, 1.807) is 0 Å². The molecule has 0 saturated heterocycles. The molecule has 4 aliphatic rings. The van der Waals surface area contributed by atoms with Crippen LogP contribution in [0.2, 0.25) is 0 Å². The van der Waals surface area contributed by atoms with Crippen LogP contribution in [-0.4, -0.2) is 38.0 Å². The Morgan fingerprint density at radius 1 is 1.00 bits per heavy atom. The summed E-state index contributed by atoms with van der Waals surface area (Å²) in [6, 6.07) is 9.49. The van der Waals surface area contributed by atoms with Crippen LogP contribution in [0.4, 0.5) is 0 Å². The number of benzene rings is 1. The van der Waals surface area contributed by atoms with Crippen LogP contribution in [-0.2, 0) is 16.0 Å². The van der Waals surface area contributed by atoms with E-state index in [0.29, 0.717) is 13.0 Å². The van der Waals surface area contributed by atoms with Crippen molar-refractivity contribution in [3.05, 3.63) is 35.9 Å². The molecule has 1 aromatic rings. The Bertz CT molecular complexity index is 689. The highest BCUT2D eigenvalue weighted by Crippen LogP contribution is 2.60.